The number of hydrogen-bond acceptors (Lipinski definition) is 9. The van der Waals surface area contributed by atoms with E-state index in [4.69, 9.17) is 14.7 Å². The quantitative estimate of drug-likeness (QED) is 0.165. The van der Waals surface area contributed by atoms with E-state index in [-0.39, 0.29) is 48.7 Å². The fraction of sp³-hybridized carbons (Fsp3) is 0.521. The van der Waals surface area contributed by atoms with Crippen LogP contribution in [0.4, 0.5) is 4.39 Å². The van der Waals surface area contributed by atoms with Crippen molar-refractivity contribution in [1.82, 2.24) is 19.6 Å². The summed E-state index contributed by atoms with van der Waals surface area (Å²) >= 11 is 1.53. The van der Waals surface area contributed by atoms with Gasteiger partial charge in [-0.2, -0.15) is 0 Å². The number of aryl methyl sites for hydroxylation is 3. The minimum atomic E-state index is -3.95. The highest BCUT2D eigenvalue weighted by Crippen LogP contribution is 2.58. The molecule has 0 unspecified atom stereocenters. The minimum absolute atomic E-state index is 0.127. The second kappa shape index (κ2) is 16.7. The van der Waals surface area contributed by atoms with Crippen LogP contribution in [0.5, 0.6) is 5.75 Å². The Morgan fingerprint density at radius 1 is 1.05 bits per heavy atom. The first kappa shape index (κ1) is 43.2. The van der Waals surface area contributed by atoms with Gasteiger partial charge in [0.25, 0.3) is 0 Å². The minimum Gasteiger partial charge on any atom is -0.488 e. The van der Waals surface area contributed by atoms with E-state index in [9.17, 15) is 22.4 Å². The van der Waals surface area contributed by atoms with Crippen LogP contribution in [0.1, 0.15) is 119 Å². The number of amides is 2. The summed E-state index contributed by atoms with van der Waals surface area (Å²) in [7, 11) is -3.95. The third-order valence-corrected chi connectivity index (χ3v) is 16.8. The number of rotatable bonds is 9. The van der Waals surface area contributed by atoms with Crippen LogP contribution in [0.3, 0.4) is 0 Å². The van der Waals surface area contributed by atoms with Crippen molar-refractivity contribution in [2.24, 2.45) is 17.3 Å². The normalized spacial score (nSPS) is 26.0. The maximum Gasteiger partial charge on any atom is 0.240 e. The number of nitrogens with zero attached hydrogens (tertiary/aromatic N) is 3. The van der Waals surface area contributed by atoms with Crippen LogP contribution >= 0.6 is 11.3 Å². The number of aromatic nitrogens is 2. The van der Waals surface area contributed by atoms with Gasteiger partial charge in [-0.25, -0.2) is 22.8 Å². The smallest absolute Gasteiger partial charge is 0.240 e. The number of sulfonamides is 1. The van der Waals surface area contributed by atoms with E-state index in [0.29, 0.717) is 54.7 Å². The average Bonchev–Trinajstić information content (AvgIpc) is 3.99. The number of pyridine rings is 1. The van der Waals surface area contributed by atoms with Gasteiger partial charge in [-0.15, -0.1) is 11.3 Å². The zero-order valence-corrected chi connectivity index (χ0v) is 37.7. The summed E-state index contributed by atoms with van der Waals surface area (Å²) in [4.78, 5) is 55.6. The molecule has 2 aromatic heterocycles. The zero-order chi connectivity index (χ0) is 43.4. The predicted octanol–water partition coefficient (Wildman–Crippen LogP) is 9.24. The molecule has 324 valence electrons. The molecule has 1 N–H and O–H groups in total. The summed E-state index contributed by atoms with van der Waals surface area (Å²) in [5.41, 5.74) is 4.53. The first-order valence-corrected chi connectivity index (χ1v) is 24.2. The molecule has 8 rings (SSSR count). The molecule has 2 aliphatic heterocycles. The standard InChI is InChI=1S/C48H57FN4O6S2/c1-28(2)39-27-60-44(51-39)38-23-42(36-17-15-29(3)31(5)43(36)50-38)59-35-22-40-41(54)25-48(46(56)52-61(57,58)47(6)18-19-47)24-34(48)13-11-9-7-8-10-12-33(45(55)53(40)26-35)20-32-16-14-30(4)37(49)21-32/h11,13-17,21,23,27-28,33-35,40H,7-10,12,18-20,22,24-26H2,1-6H3,(H,52,56)/b13-11-/t33-,34-,35-,40+,48-/m1/s1. The summed E-state index contributed by atoms with van der Waals surface area (Å²) in [5.74, 6) is -1.49. The molecule has 13 heteroatoms. The number of Topliss-reactive ketones (excluding diaryl/α,β-unsaturated/α-hetero) is 1. The van der Waals surface area contributed by atoms with Crippen molar-refractivity contribution in [3.8, 4) is 16.5 Å². The van der Waals surface area contributed by atoms with Gasteiger partial charge in [0.15, 0.2) is 5.78 Å². The zero-order valence-electron chi connectivity index (χ0n) is 36.1. The number of benzene rings is 2. The van der Waals surface area contributed by atoms with Gasteiger partial charge < -0.3 is 9.64 Å². The lowest BCUT2D eigenvalue weighted by molar-refractivity contribution is -0.142. The van der Waals surface area contributed by atoms with Gasteiger partial charge in [0.1, 0.15) is 28.4 Å². The largest absolute Gasteiger partial charge is 0.488 e. The van der Waals surface area contributed by atoms with Gasteiger partial charge in [-0.05, 0) is 119 Å². The Balaban J connectivity index is 1.15. The molecule has 0 spiro atoms. The topological polar surface area (TPSA) is 136 Å². The first-order valence-electron chi connectivity index (χ1n) is 21.8. The number of hydrogen-bond donors (Lipinski definition) is 1. The molecule has 61 heavy (non-hydrogen) atoms. The summed E-state index contributed by atoms with van der Waals surface area (Å²) in [5, 5.41) is 3.62. The lowest BCUT2D eigenvalue weighted by Crippen LogP contribution is -2.47. The molecular formula is C48H57FN4O6S2. The van der Waals surface area contributed by atoms with Crippen LogP contribution in [0, 0.1) is 43.8 Å². The van der Waals surface area contributed by atoms with E-state index in [1.54, 1.807) is 24.8 Å². The van der Waals surface area contributed by atoms with E-state index < -0.39 is 44.2 Å². The first-order chi connectivity index (χ1) is 29.0. The third kappa shape index (κ3) is 8.66. The fourth-order valence-electron chi connectivity index (χ4n) is 9.02. The molecule has 4 heterocycles. The molecule has 2 aromatic carbocycles. The van der Waals surface area contributed by atoms with Crippen LogP contribution in [0.2, 0.25) is 0 Å². The molecule has 3 fully saturated rings. The summed E-state index contributed by atoms with van der Waals surface area (Å²) < 4.78 is 49.8. The lowest BCUT2D eigenvalue weighted by atomic mass is 9.89. The van der Waals surface area contributed by atoms with E-state index >= 15 is 4.79 Å². The maximum absolute atomic E-state index is 15.0. The van der Waals surface area contributed by atoms with Crippen molar-refractivity contribution in [3.05, 3.63) is 87.7 Å². The van der Waals surface area contributed by atoms with Crippen molar-refractivity contribution in [3.63, 3.8) is 0 Å². The van der Waals surface area contributed by atoms with Crippen molar-refractivity contribution in [2.45, 2.75) is 135 Å². The molecule has 2 saturated carbocycles. The Bertz CT molecular complexity index is 2530. The Morgan fingerprint density at radius 3 is 2.54 bits per heavy atom. The second-order valence-corrected chi connectivity index (χ2v) is 21.7. The van der Waals surface area contributed by atoms with Gasteiger partial charge in [0, 0.05) is 35.6 Å². The molecule has 1 saturated heterocycles. The number of halogens is 1. The van der Waals surface area contributed by atoms with Crippen molar-refractivity contribution in [1.29, 1.82) is 0 Å². The molecule has 10 nitrogen and oxygen atoms in total. The second-order valence-electron chi connectivity index (χ2n) is 18.7. The fourth-order valence-corrected chi connectivity index (χ4v) is 11.3. The number of thiazole rings is 1. The number of allylic oxidation sites excluding steroid dienone is 2. The summed E-state index contributed by atoms with van der Waals surface area (Å²) in [6, 6.07) is 10.1. The molecular weight excluding hydrogens is 812 g/mol. The van der Waals surface area contributed by atoms with E-state index in [2.05, 4.69) is 18.6 Å². The summed E-state index contributed by atoms with van der Waals surface area (Å²) in [6.45, 7) is 11.7. The Morgan fingerprint density at radius 2 is 1.82 bits per heavy atom. The van der Waals surface area contributed by atoms with Crippen LogP contribution < -0.4 is 9.46 Å². The monoisotopic (exact) mass is 868 g/mol. The average molecular weight is 869 g/mol. The molecule has 4 aliphatic rings. The van der Waals surface area contributed by atoms with Gasteiger partial charge in [-0.3, -0.25) is 19.1 Å². The van der Waals surface area contributed by atoms with Crippen LogP contribution in [-0.2, 0) is 30.8 Å². The Labute approximate surface area is 362 Å². The van der Waals surface area contributed by atoms with E-state index in [1.165, 1.54) is 17.4 Å². The SMILES string of the molecule is Cc1ccc(C[C@H]2CCCCC/C=C\[C@@H]3C[C@@]3(C(=O)NS(=O)(=O)C3(C)CC3)CC(=O)[C@@H]3C[C@@H](Oc4cc(-c5nc(C(C)C)cs5)nc5c(C)c(C)ccc45)CN3C2=O)cc1F. The van der Waals surface area contributed by atoms with Gasteiger partial charge in [0.05, 0.1) is 34.0 Å². The number of ether oxygens (including phenoxy) is 1. The number of nitrogens with one attached hydrogen (secondary N) is 1. The molecule has 0 radical (unpaired) electrons. The predicted molar refractivity (Wildman–Crippen MR) is 236 cm³/mol. The molecule has 0 bridgehead atoms. The highest BCUT2D eigenvalue weighted by Gasteiger charge is 2.62. The van der Waals surface area contributed by atoms with E-state index in [1.807, 2.05) is 55.6 Å². The number of fused-ring (bicyclic) bond motifs is 3. The van der Waals surface area contributed by atoms with Gasteiger partial charge >= 0.3 is 0 Å². The molecule has 4 aromatic rings. The number of ketones is 1. The molecule has 5 atom stereocenters. The Kier molecular flexibility index (Phi) is 11.8. The maximum atomic E-state index is 15.0. The van der Waals surface area contributed by atoms with Crippen LogP contribution in [-0.4, -0.2) is 64.3 Å². The molecule has 2 amide bonds. The van der Waals surface area contributed by atoms with Crippen molar-refractivity contribution in [2.75, 3.05) is 6.54 Å². The van der Waals surface area contributed by atoms with Crippen molar-refractivity contribution < 1.29 is 31.9 Å². The number of carbonyl (C=O) groups excluding carboxylic acids is 3. The van der Waals surface area contributed by atoms with Gasteiger partial charge in [-0.1, -0.05) is 57.0 Å². The van der Waals surface area contributed by atoms with Crippen LogP contribution in [0.15, 0.2) is 53.9 Å². The van der Waals surface area contributed by atoms with Gasteiger partial charge in [0.2, 0.25) is 21.8 Å². The van der Waals surface area contributed by atoms with Crippen molar-refractivity contribution >= 4 is 49.9 Å². The number of carbonyl (C=O) groups is 3. The lowest BCUT2D eigenvalue weighted by Gasteiger charge is -2.29. The Hall–Kier alpha value is -4.49. The van der Waals surface area contributed by atoms with Crippen LogP contribution in [0.25, 0.3) is 21.6 Å². The highest BCUT2D eigenvalue weighted by atomic mass is 32.2. The van der Waals surface area contributed by atoms with E-state index in [0.717, 1.165) is 58.4 Å². The third-order valence-electron chi connectivity index (χ3n) is 13.8. The molecule has 2 aliphatic carbocycles. The summed E-state index contributed by atoms with van der Waals surface area (Å²) in [6.07, 6.45) is 8.83. The highest BCUT2D eigenvalue weighted by molar-refractivity contribution is 7.91.